The van der Waals surface area contributed by atoms with Gasteiger partial charge in [-0.25, -0.2) is 14.2 Å². The molecule has 0 aromatic carbocycles. The first-order valence-electron chi connectivity index (χ1n) is 35.0. The molecule has 0 aromatic heterocycles. The van der Waals surface area contributed by atoms with Gasteiger partial charge in [-0.05, 0) is 85.0 Å². The van der Waals surface area contributed by atoms with Crippen molar-refractivity contribution in [1.29, 1.82) is 0 Å². The normalized spacial score (nSPS) is 35.1. The molecule has 108 heavy (non-hydrogen) atoms. The molecule has 40 heteroatoms. The number of ketones is 1. The van der Waals surface area contributed by atoms with Gasteiger partial charge in [0.1, 0.15) is 103 Å². The number of carboxylic acid groups (broad SMARTS) is 1. The number of aliphatic hydroxyl groups is 11. The Morgan fingerprint density at radius 3 is 1.83 bits per heavy atom. The van der Waals surface area contributed by atoms with Crippen molar-refractivity contribution in [2.24, 2.45) is 16.9 Å². The molecule has 5 aliphatic heterocycles. The van der Waals surface area contributed by atoms with E-state index in [9.17, 15) is 104 Å². The van der Waals surface area contributed by atoms with E-state index >= 15 is 0 Å². The van der Waals surface area contributed by atoms with E-state index in [0.717, 1.165) is 57.1 Å². The molecule has 20 N–H and O–H groups in total. The van der Waals surface area contributed by atoms with Crippen LogP contribution >= 0.6 is 7.82 Å². The number of ether oxygens (including phenoxy) is 11. The van der Waals surface area contributed by atoms with E-state index in [1.807, 2.05) is 6.08 Å². The van der Waals surface area contributed by atoms with E-state index in [4.69, 9.17) is 72.6 Å². The average Bonchev–Trinajstić information content (AvgIpc) is 0.801. The third-order valence-electron chi connectivity index (χ3n) is 18.5. The number of carbonyl (C=O) groups is 7. The van der Waals surface area contributed by atoms with Crippen molar-refractivity contribution in [3.05, 3.63) is 70.7 Å². The summed E-state index contributed by atoms with van der Waals surface area (Å²) in [7, 11) is -5.83. The minimum atomic E-state index is -5.83. The van der Waals surface area contributed by atoms with Crippen molar-refractivity contribution in [1.82, 2.24) is 16.0 Å². The second kappa shape index (κ2) is 40.9. The second-order valence-corrected chi connectivity index (χ2v) is 29.6. The standard InChI is InChI=1S/C68H106N5O34P/c1-29(2)14-13-16-30(3)17-18-32(5)21-24-68(9,10)23-12-11-15-31(4)22-25-95-40(61(90)91)28-97-108(93,94)107-66-58(55(106-67(70)92)52(87)56(103-66)59(69)88)105-63-43(72-35(8)76)46(81)54(39(100-63)27-96-64-50(85)47(82)44(79)38(26-74)99-64)102-62-42(71-34(7)75)45(80)53(33(6)98-62)101-65-51(86)48(83)49(84)57(104-65)60(89)73-41-36(77)19-20-37(41)78/h12,14,17,22-23,33,38-40,42-58,62-66,74,77,79-87H,5,11,13,15-16,18-21,24-28H2,1-4,6-10H3,(H2,69,88)(H2,70,92)(H,71,75)(H,72,76)(H,73,89)(H,90,91)(H,93,94)/b23-12+,30-17+,31-22-/t33-,38-,39-,40-,42-,43-,44+,45-,46-,47?,48+,49-,50-,51-,52-,53+,54-,55+,56+,57+,58-,62+,63+,64-,65-,66-/m1/s1. The number of carbonyl (C=O) groups excluding carboxylic acids is 6. The van der Waals surface area contributed by atoms with E-state index in [1.165, 1.54) is 18.1 Å². The van der Waals surface area contributed by atoms with Gasteiger partial charge < -0.3 is 146 Å². The highest BCUT2D eigenvalue weighted by atomic mass is 31.2. The van der Waals surface area contributed by atoms with Crippen molar-refractivity contribution >= 4 is 49.3 Å². The van der Waals surface area contributed by atoms with Crippen LogP contribution in [0.2, 0.25) is 0 Å². The van der Waals surface area contributed by atoms with Crippen molar-refractivity contribution in [3.63, 3.8) is 0 Å². The van der Waals surface area contributed by atoms with E-state index in [0.29, 0.717) is 12.8 Å². The Labute approximate surface area is 622 Å². The van der Waals surface area contributed by atoms with E-state index in [2.05, 4.69) is 75.4 Å². The monoisotopic (exact) mass is 1570 g/mol. The van der Waals surface area contributed by atoms with Crippen molar-refractivity contribution in [2.45, 2.75) is 280 Å². The van der Waals surface area contributed by atoms with Gasteiger partial charge in [0.2, 0.25) is 17.7 Å². The fraction of sp³-hybridized carbons (Fsp3) is 0.721. The van der Waals surface area contributed by atoms with Gasteiger partial charge in [-0.1, -0.05) is 73.1 Å². The summed E-state index contributed by atoms with van der Waals surface area (Å²) in [5.41, 5.74) is 14.8. The first-order valence-corrected chi connectivity index (χ1v) is 36.5. The maximum atomic E-state index is 14.0. The van der Waals surface area contributed by atoms with Gasteiger partial charge in [-0.2, -0.15) is 0 Å². The highest BCUT2D eigenvalue weighted by Gasteiger charge is 2.59. The topological polar surface area (TPSA) is 608 Å². The Kier molecular flexibility index (Phi) is 34.3. The molecule has 5 heterocycles. The molecule has 5 fully saturated rings. The van der Waals surface area contributed by atoms with E-state index in [-0.39, 0.29) is 24.9 Å². The molecule has 6 aliphatic rings. The number of primary amides is 2. The molecule has 0 aromatic rings. The lowest BCUT2D eigenvalue weighted by Gasteiger charge is -2.50. The fourth-order valence-electron chi connectivity index (χ4n) is 12.3. The zero-order valence-electron chi connectivity index (χ0n) is 61.3. The van der Waals surface area contributed by atoms with Gasteiger partial charge in [0.15, 0.2) is 67.8 Å². The largest absolute Gasteiger partial charge is 0.510 e. The molecule has 27 atom stereocenters. The number of allylic oxidation sites excluding steroid dienone is 10. The number of Topliss-reactive ketones (excluding diaryl/α,β-unsaturated/α-hetero) is 1. The number of rotatable bonds is 37. The number of nitrogens with one attached hydrogen (secondary N) is 3. The van der Waals surface area contributed by atoms with Crippen molar-refractivity contribution in [2.75, 3.05) is 26.4 Å². The predicted octanol–water partition coefficient (Wildman–Crippen LogP) is -2.42. The van der Waals surface area contributed by atoms with Gasteiger partial charge >= 0.3 is 19.9 Å². The molecule has 0 bridgehead atoms. The van der Waals surface area contributed by atoms with Crippen LogP contribution in [0.25, 0.3) is 0 Å². The molecule has 39 nitrogen and oxygen atoms in total. The van der Waals surface area contributed by atoms with Crippen LogP contribution in [0.3, 0.4) is 0 Å². The van der Waals surface area contributed by atoms with Crippen LogP contribution < -0.4 is 27.4 Å². The Morgan fingerprint density at radius 1 is 0.667 bits per heavy atom. The van der Waals surface area contributed by atoms with Crippen molar-refractivity contribution < 1.29 is 165 Å². The summed E-state index contributed by atoms with van der Waals surface area (Å²) < 4.78 is 88.4. The number of nitrogens with two attached hydrogens (primary N) is 2. The molecule has 5 amide bonds. The number of aliphatic hydroxyl groups excluding tert-OH is 11. The summed E-state index contributed by atoms with van der Waals surface area (Å²) in [6.07, 6.45) is -37.6. The predicted molar refractivity (Wildman–Crippen MR) is 367 cm³/mol. The number of hydrogen-bond acceptors (Lipinski definition) is 32. The summed E-state index contributed by atoms with van der Waals surface area (Å²) >= 11 is 0. The van der Waals surface area contributed by atoms with Gasteiger partial charge in [-0.3, -0.25) is 33.0 Å². The van der Waals surface area contributed by atoms with Gasteiger partial charge in [0.25, 0.3) is 5.91 Å². The van der Waals surface area contributed by atoms with E-state index in [1.54, 1.807) is 13.0 Å². The van der Waals surface area contributed by atoms with Crippen LogP contribution in [-0.2, 0) is 94.5 Å². The van der Waals surface area contributed by atoms with Crippen molar-refractivity contribution in [3.8, 4) is 0 Å². The quantitative estimate of drug-likeness (QED) is 0.0227. The van der Waals surface area contributed by atoms with Gasteiger partial charge in [-0.15, -0.1) is 0 Å². The molecule has 1 aliphatic carbocycles. The van der Waals surface area contributed by atoms with Crippen LogP contribution in [0, 0.1) is 5.41 Å². The van der Waals surface area contributed by atoms with Crippen LogP contribution in [0.4, 0.5) is 4.79 Å². The first-order chi connectivity index (χ1) is 50.5. The summed E-state index contributed by atoms with van der Waals surface area (Å²) in [6.45, 7) is 16.0. The SMILES string of the molecule is C=C(C/C=C(\C)CCC=C(C)C)CCC(C)(C)/C=C/CC/C(C)=C\CO[C@H](COP(=O)(O)O[C@H]1O[C@H](C(N)=O)[C@H](O)[C@H](OC(N)=O)[C@H]1O[C@@H]1O[C@H](CO[C@@H]2O[C@H](CO)[C@H](O)C(O)[C@H]2O)[C@@H](O[C@@H]2O[C@H](C)[C@H](O[C@@H]3O[C@H](C(=O)NC4=C(O)CCC4=O)[C@H](O)[C@H](O)[C@H]3O)[C@H](O)[C@H]2NC(C)=O)[C@H](O)[C@H]1NC(C)=O)C(=O)O. The average molecular weight is 1570 g/mol. The summed E-state index contributed by atoms with van der Waals surface area (Å²) in [5.74, 6) is -7.64. The molecule has 0 radical (unpaired) electrons. The second-order valence-electron chi connectivity index (χ2n) is 28.2. The molecule has 0 saturated carbocycles. The molecule has 612 valence electrons. The van der Waals surface area contributed by atoms with Crippen LogP contribution in [0.5, 0.6) is 0 Å². The summed E-state index contributed by atoms with van der Waals surface area (Å²) in [4.78, 5) is 101. The minimum absolute atomic E-state index is 0.127. The molecule has 5 saturated heterocycles. The molecular weight excluding hydrogens is 1460 g/mol. The number of phosphoric ester groups is 1. The third-order valence-corrected chi connectivity index (χ3v) is 19.5. The number of hydrogen-bond donors (Lipinski definition) is 18. The Balaban J connectivity index is 1.23. The third kappa shape index (κ3) is 25.4. The number of amides is 5. The van der Waals surface area contributed by atoms with Crippen LogP contribution in [0.15, 0.2) is 70.7 Å². The smallest absolute Gasteiger partial charge is 0.474 e. The zero-order valence-corrected chi connectivity index (χ0v) is 62.2. The molecule has 6 rings (SSSR count). The zero-order chi connectivity index (χ0) is 80.6. The maximum Gasteiger partial charge on any atom is 0.474 e. The minimum Gasteiger partial charge on any atom is -0.510 e. The molecule has 0 spiro atoms. The Bertz CT molecular complexity index is 3310. The number of phosphoric acid groups is 1. The lowest BCUT2D eigenvalue weighted by Crippen LogP contribution is -2.71. The fourth-order valence-corrected chi connectivity index (χ4v) is 13.2. The lowest BCUT2D eigenvalue weighted by atomic mass is 9.85. The highest BCUT2D eigenvalue weighted by molar-refractivity contribution is 7.47. The molecule has 2 unspecified atom stereocenters. The number of aliphatic carboxylic acids is 1. The Morgan fingerprint density at radius 2 is 1.24 bits per heavy atom. The van der Waals surface area contributed by atoms with E-state index < -0.39 is 240 Å². The number of carboxylic acids is 1. The summed E-state index contributed by atoms with van der Waals surface area (Å²) in [5, 5.41) is 139. The highest BCUT2D eigenvalue weighted by Crippen LogP contribution is 2.48. The van der Waals surface area contributed by atoms with Crippen LogP contribution in [-0.4, -0.2) is 294 Å². The maximum absolute atomic E-state index is 14.0. The van der Waals surface area contributed by atoms with Gasteiger partial charge in [0, 0.05) is 26.7 Å². The molecular formula is C68H106N5O34P. The Hall–Kier alpha value is -6.16. The van der Waals surface area contributed by atoms with Crippen LogP contribution in [0.1, 0.15) is 120 Å². The first kappa shape index (κ1) is 90.7. The lowest BCUT2D eigenvalue weighted by molar-refractivity contribution is -0.371. The summed E-state index contributed by atoms with van der Waals surface area (Å²) in [6, 6.07) is -3.98. The van der Waals surface area contributed by atoms with Gasteiger partial charge in [0.05, 0.1) is 32.5 Å².